The zero-order valence-electron chi connectivity index (χ0n) is 14.5. The minimum Gasteiger partial charge on any atom is -0.493 e. The molecule has 2 rings (SSSR count). The van der Waals surface area contributed by atoms with E-state index >= 15 is 0 Å². The van der Waals surface area contributed by atoms with Gasteiger partial charge in [0.25, 0.3) is 5.91 Å². The lowest BCUT2D eigenvalue weighted by molar-refractivity contribution is -0.119. The maximum absolute atomic E-state index is 12.1. The first kappa shape index (κ1) is 18.3. The van der Waals surface area contributed by atoms with Crippen molar-refractivity contribution in [3.05, 3.63) is 53.6 Å². The number of nitrogens with one attached hydrogen (secondary N) is 1. The summed E-state index contributed by atoms with van der Waals surface area (Å²) in [7, 11) is 2.98. The summed E-state index contributed by atoms with van der Waals surface area (Å²) in [6, 6.07) is 12.1. The molecule has 0 radical (unpaired) electrons. The van der Waals surface area contributed by atoms with Crippen LogP contribution < -0.4 is 14.8 Å². The Balaban J connectivity index is 1.91. The van der Waals surface area contributed by atoms with Gasteiger partial charge in [0.1, 0.15) is 0 Å². The van der Waals surface area contributed by atoms with Gasteiger partial charge in [-0.2, -0.15) is 0 Å². The molecule has 0 aliphatic rings. The molecule has 0 aliphatic carbocycles. The van der Waals surface area contributed by atoms with Crippen molar-refractivity contribution < 1.29 is 23.8 Å². The number of esters is 1. The molecular weight excluding hydrogens is 322 g/mol. The molecule has 0 atom stereocenters. The summed E-state index contributed by atoms with van der Waals surface area (Å²) >= 11 is 0. The van der Waals surface area contributed by atoms with Crippen LogP contribution in [-0.2, 0) is 16.0 Å². The molecular formula is C19H21NO5. The van der Waals surface area contributed by atoms with E-state index < -0.39 is 11.9 Å². The second-order valence-corrected chi connectivity index (χ2v) is 5.24. The van der Waals surface area contributed by atoms with Crippen LogP contribution in [-0.4, -0.2) is 32.7 Å². The molecule has 0 fully saturated rings. The molecule has 6 nitrogen and oxygen atoms in total. The predicted molar refractivity (Wildman–Crippen MR) is 94.3 cm³/mol. The minimum atomic E-state index is -0.613. The normalized spacial score (nSPS) is 10.0. The number of benzene rings is 2. The Bertz CT molecular complexity index is 740. The average Bonchev–Trinajstić information content (AvgIpc) is 2.66. The van der Waals surface area contributed by atoms with Gasteiger partial charge in [-0.25, -0.2) is 4.79 Å². The Morgan fingerprint density at radius 3 is 2.24 bits per heavy atom. The van der Waals surface area contributed by atoms with Crippen molar-refractivity contribution in [3.8, 4) is 11.5 Å². The summed E-state index contributed by atoms with van der Waals surface area (Å²) < 4.78 is 15.3. The van der Waals surface area contributed by atoms with Crippen LogP contribution in [0.2, 0.25) is 0 Å². The van der Waals surface area contributed by atoms with Gasteiger partial charge in [-0.05, 0) is 42.3 Å². The van der Waals surface area contributed by atoms with Gasteiger partial charge in [-0.1, -0.05) is 19.1 Å². The molecule has 0 aliphatic heterocycles. The van der Waals surface area contributed by atoms with Gasteiger partial charge in [0.15, 0.2) is 18.1 Å². The first-order valence-corrected chi connectivity index (χ1v) is 7.85. The number of anilines is 1. The van der Waals surface area contributed by atoms with Crippen LogP contribution in [0, 0.1) is 0 Å². The highest BCUT2D eigenvalue weighted by Crippen LogP contribution is 2.27. The largest absolute Gasteiger partial charge is 0.493 e. The molecule has 25 heavy (non-hydrogen) atoms. The van der Waals surface area contributed by atoms with Crippen LogP contribution in [0.5, 0.6) is 11.5 Å². The fraction of sp³-hybridized carbons (Fsp3) is 0.263. The molecule has 1 amide bonds. The third-order valence-corrected chi connectivity index (χ3v) is 3.60. The fourth-order valence-corrected chi connectivity index (χ4v) is 2.20. The van der Waals surface area contributed by atoms with Gasteiger partial charge in [0, 0.05) is 5.69 Å². The van der Waals surface area contributed by atoms with Crippen LogP contribution in [0.25, 0.3) is 0 Å². The number of carbonyl (C=O) groups is 2. The van der Waals surface area contributed by atoms with Crippen molar-refractivity contribution in [2.75, 3.05) is 26.1 Å². The molecule has 6 heteroatoms. The standard InChI is InChI=1S/C19H21NO5/c1-4-13-5-8-15(9-6-13)20-18(21)12-25-19(22)14-7-10-16(23-2)17(11-14)24-3/h5-11H,4,12H2,1-3H3,(H,20,21). The second-order valence-electron chi connectivity index (χ2n) is 5.24. The Hall–Kier alpha value is -3.02. The summed E-state index contributed by atoms with van der Waals surface area (Å²) in [5.41, 5.74) is 2.11. The second kappa shape index (κ2) is 8.73. The van der Waals surface area contributed by atoms with Crippen LogP contribution in [0.4, 0.5) is 5.69 Å². The van der Waals surface area contributed by atoms with Gasteiger partial charge in [-0.3, -0.25) is 4.79 Å². The number of amides is 1. The van der Waals surface area contributed by atoms with Crippen LogP contribution in [0.3, 0.4) is 0 Å². The number of ether oxygens (including phenoxy) is 3. The molecule has 1 N–H and O–H groups in total. The fourth-order valence-electron chi connectivity index (χ4n) is 2.20. The van der Waals surface area contributed by atoms with Gasteiger partial charge in [-0.15, -0.1) is 0 Å². The zero-order valence-corrected chi connectivity index (χ0v) is 14.5. The van der Waals surface area contributed by atoms with Crippen molar-refractivity contribution in [2.45, 2.75) is 13.3 Å². The van der Waals surface area contributed by atoms with Crippen molar-refractivity contribution >= 4 is 17.6 Å². The monoisotopic (exact) mass is 343 g/mol. The number of carbonyl (C=O) groups excluding carboxylic acids is 2. The van der Waals surface area contributed by atoms with Gasteiger partial charge >= 0.3 is 5.97 Å². The molecule has 0 heterocycles. The van der Waals surface area contributed by atoms with E-state index in [9.17, 15) is 9.59 Å². The van der Waals surface area contributed by atoms with Crippen LogP contribution in [0.15, 0.2) is 42.5 Å². The van der Waals surface area contributed by atoms with E-state index in [2.05, 4.69) is 12.2 Å². The molecule has 132 valence electrons. The topological polar surface area (TPSA) is 73.9 Å². The quantitative estimate of drug-likeness (QED) is 0.782. The SMILES string of the molecule is CCc1ccc(NC(=O)COC(=O)c2ccc(OC)c(OC)c2)cc1. The third-order valence-electron chi connectivity index (χ3n) is 3.60. The lowest BCUT2D eigenvalue weighted by Crippen LogP contribution is -2.21. The van der Waals surface area contributed by atoms with Gasteiger partial charge in [0.2, 0.25) is 0 Å². The summed E-state index contributed by atoms with van der Waals surface area (Å²) in [5, 5.41) is 2.68. The van der Waals surface area contributed by atoms with Gasteiger partial charge in [0.05, 0.1) is 19.8 Å². The maximum atomic E-state index is 12.1. The van der Waals surface area contributed by atoms with Crippen LogP contribution in [0.1, 0.15) is 22.8 Å². The van der Waals surface area contributed by atoms with E-state index in [1.54, 1.807) is 12.1 Å². The first-order valence-electron chi connectivity index (χ1n) is 7.85. The number of rotatable bonds is 7. The molecule has 2 aromatic carbocycles. The van der Waals surface area contributed by atoms with Crippen LogP contribution >= 0.6 is 0 Å². The summed E-state index contributed by atoms with van der Waals surface area (Å²) in [5.74, 6) is -0.0970. The highest BCUT2D eigenvalue weighted by atomic mass is 16.5. The molecule has 0 saturated heterocycles. The Kier molecular flexibility index (Phi) is 6.39. The average molecular weight is 343 g/mol. The van der Waals surface area contributed by atoms with E-state index in [0.717, 1.165) is 6.42 Å². The van der Waals surface area contributed by atoms with Crippen molar-refractivity contribution in [2.24, 2.45) is 0 Å². The Morgan fingerprint density at radius 2 is 1.64 bits per heavy atom. The third kappa shape index (κ3) is 4.97. The van der Waals surface area contributed by atoms with Crippen molar-refractivity contribution in [3.63, 3.8) is 0 Å². The molecule has 2 aromatic rings. The zero-order chi connectivity index (χ0) is 18.2. The number of hydrogen-bond acceptors (Lipinski definition) is 5. The highest BCUT2D eigenvalue weighted by Gasteiger charge is 2.13. The summed E-state index contributed by atoms with van der Waals surface area (Å²) in [6.07, 6.45) is 0.928. The van der Waals surface area contributed by atoms with Crippen molar-refractivity contribution in [1.29, 1.82) is 0 Å². The number of methoxy groups -OCH3 is 2. The van der Waals surface area contributed by atoms with E-state index in [0.29, 0.717) is 17.2 Å². The number of hydrogen-bond donors (Lipinski definition) is 1. The summed E-state index contributed by atoms with van der Waals surface area (Å²) in [4.78, 5) is 23.9. The highest BCUT2D eigenvalue weighted by molar-refractivity contribution is 5.95. The van der Waals surface area contributed by atoms with E-state index in [1.165, 1.54) is 25.8 Å². The smallest absolute Gasteiger partial charge is 0.338 e. The van der Waals surface area contributed by atoms with Gasteiger partial charge < -0.3 is 19.5 Å². The number of aryl methyl sites for hydroxylation is 1. The minimum absolute atomic E-state index is 0.276. The summed E-state index contributed by atoms with van der Waals surface area (Å²) in [6.45, 7) is 1.68. The lowest BCUT2D eigenvalue weighted by atomic mass is 10.1. The van der Waals surface area contributed by atoms with Crippen molar-refractivity contribution in [1.82, 2.24) is 0 Å². The Morgan fingerprint density at radius 1 is 0.960 bits per heavy atom. The molecule has 0 bridgehead atoms. The molecule has 0 saturated carbocycles. The van der Waals surface area contributed by atoms with E-state index in [1.807, 2.05) is 24.3 Å². The van der Waals surface area contributed by atoms with E-state index in [-0.39, 0.29) is 12.2 Å². The Labute approximate surface area is 146 Å². The molecule has 0 unspecified atom stereocenters. The lowest BCUT2D eigenvalue weighted by Gasteiger charge is -2.10. The van der Waals surface area contributed by atoms with E-state index in [4.69, 9.17) is 14.2 Å². The first-order chi connectivity index (χ1) is 12.1. The predicted octanol–water partition coefficient (Wildman–Crippen LogP) is 3.06. The maximum Gasteiger partial charge on any atom is 0.338 e. The molecule has 0 aromatic heterocycles. The molecule has 0 spiro atoms.